The molecule has 0 unspecified atom stereocenters. The lowest BCUT2D eigenvalue weighted by Crippen LogP contribution is -2.61. The molecule has 2 aromatic heterocycles. The molecule has 7 rings (SSSR count). The lowest BCUT2D eigenvalue weighted by molar-refractivity contribution is -0.131. The molecule has 30 heavy (non-hydrogen) atoms. The van der Waals surface area contributed by atoms with Crippen molar-refractivity contribution in [3.8, 4) is 5.82 Å². The minimum absolute atomic E-state index is 0.117. The Bertz CT molecular complexity index is 867. The molecule has 4 saturated carbocycles. The van der Waals surface area contributed by atoms with Gasteiger partial charge < -0.3 is 10.2 Å². The van der Waals surface area contributed by atoms with E-state index in [1.807, 2.05) is 12.1 Å². The van der Waals surface area contributed by atoms with Gasteiger partial charge in [0.05, 0.1) is 0 Å². The lowest BCUT2D eigenvalue weighted by atomic mass is 9.53. The molecule has 5 aliphatic rings. The van der Waals surface area contributed by atoms with E-state index in [4.69, 9.17) is 0 Å². The highest BCUT2D eigenvalue weighted by molar-refractivity contribution is 5.80. The number of rotatable bonds is 4. The van der Waals surface area contributed by atoms with Crippen LogP contribution in [0.15, 0.2) is 24.8 Å². The molecule has 0 atom stereocenters. The number of amides is 1. The smallest absolute Gasteiger partial charge is 0.223 e. The van der Waals surface area contributed by atoms with Crippen molar-refractivity contribution >= 4 is 11.7 Å². The first-order valence-corrected chi connectivity index (χ1v) is 11.4. The molecule has 0 aromatic carbocycles. The fraction of sp³-hybridized carbons (Fsp3) is 0.682. The van der Waals surface area contributed by atoms with Crippen molar-refractivity contribution in [2.75, 3.05) is 18.0 Å². The number of carbonyl (C=O) groups excluding carboxylic acids is 1. The quantitative estimate of drug-likeness (QED) is 0.837. The minimum atomic E-state index is 0.117. The number of nitrogens with one attached hydrogen (secondary N) is 1. The highest BCUT2D eigenvalue weighted by atomic mass is 16.2. The number of piperidine rings is 1. The Morgan fingerprint density at radius 2 is 1.60 bits per heavy atom. The molecule has 8 nitrogen and oxygen atoms in total. The van der Waals surface area contributed by atoms with Crippen molar-refractivity contribution in [3.63, 3.8) is 0 Å². The van der Waals surface area contributed by atoms with Gasteiger partial charge in [0, 0.05) is 24.5 Å². The summed E-state index contributed by atoms with van der Waals surface area (Å²) in [5, 5.41) is 16.3. The minimum Gasteiger partial charge on any atom is -0.355 e. The Balaban J connectivity index is 1.06. The summed E-state index contributed by atoms with van der Waals surface area (Å²) in [6.07, 6.45) is 12.7. The van der Waals surface area contributed by atoms with Crippen LogP contribution in [0.3, 0.4) is 0 Å². The van der Waals surface area contributed by atoms with E-state index in [2.05, 4.69) is 30.5 Å². The van der Waals surface area contributed by atoms with E-state index in [9.17, 15) is 4.79 Å². The van der Waals surface area contributed by atoms with Crippen LogP contribution in [0.1, 0.15) is 51.4 Å². The second-order valence-corrected chi connectivity index (χ2v) is 10.0. The highest BCUT2D eigenvalue weighted by Crippen LogP contribution is 2.55. The van der Waals surface area contributed by atoms with E-state index in [1.54, 1.807) is 11.0 Å². The topological polar surface area (TPSA) is 88.8 Å². The van der Waals surface area contributed by atoms with Gasteiger partial charge in [-0.15, -0.1) is 10.2 Å². The molecule has 4 bridgehead atoms. The summed E-state index contributed by atoms with van der Waals surface area (Å²) in [6.45, 7) is 1.69. The van der Waals surface area contributed by atoms with Gasteiger partial charge in [-0.25, -0.2) is 9.67 Å². The predicted molar refractivity (Wildman–Crippen MR) is 111 cm³/mol. The molecule has 1 N–H and O–H groups in total. The number of nitrogens with zero attached hydrogens (tertiary/aromatic N) is 6. The first kappa shape index (κ1) is 18.3. The molecule has 3 heterocycles. The van der Waals surface area contributed by atoms with Crippen LogP contribution < -0.4 is 10.2 Å². The molecular weight excluding hydrogens is 378 g/mol. The van der Waals surface area contributed by atoms with Gasteiger partial charge in [-0.3, -0.25) is 4.79 Å². The number of hydrogen-bond donors (Lipinski definition) is 1. The Labute approximate surface area is 176 Å². The zero-order valence-corrected chi connectivity index (χ0v) is 17.3. The lowest BCUT2D eigenvalue weighted by Gasteiger charge is -2.57. The Hall–Kier alpha value is -2.51. The van der Waals surface area contributed by atoms with Crippen molar-refractivity contribution < 1.29 is 4.79 Å². The molecule has 2 aromatic rings. The fourth-order valence-corrected chi connectivity index (χ4v) is 6.93. The Kier molecular flexibility index (Phi) is 4.28. The largest absolute Gasteiger partial charge is 0.355 e. The molecule has 158 valence electrons. The number of anilines is 1. The van der Waals surface area contributed by atoms with E-state index < -0.39 is 0 Å². The number of aromatic nitrogens is 5. The van der Waals surface area contributed by atoms with Crippen LogP contribution in [0.25, 0.3) is 5.82 Å². The maximum Gasteiger partial charge on any atom is 0.223 e. The monoisotopic (exact) mass is 407 g/mol. The number of carbonyl (C=O) groups is 1. The van der Waals surface area contributed by atoms with Gasteiger partial charge in [-0.05, 0) is 81.3 Å². The van der Waals surface area contributed by atoms with E-state index in [0.29, 0.717) is 11.7 Å². The standard InChI is InChI=1S/C22H29N7O/c30-21(25-22-10-15-7-16(11-22)9-17(8-15)12-22)18-3-5-28(6-4-18)19-1-2-20(27-26-19)29-14-23-13-24-29/h1-2,13-18H,3-12H2,(H,25,30). The van der Waals surface area contributed by atoms with Gasteiger partial charge in [0.15, 0.2) is 11.6 Å². The summed E-state index contributed by atoms with van der Waals surface area (Å²) in [5.41, 5.74) is 0.117. The molecule has 5 fully saturated rings. The maximum atomic E-state index is 13.1. The summed E-state index contributed by atoms with van der Waals surface area (Å²) >= 11 is 0. The first-order valence-electron chi connectivity index (χ1n) is 11.4. The molecule has 4 aliphatic carbocycles. The van der Waals surface area contributed by atoms with E-state index in [-0.39, 0.29) is 11.5 Å². The summed E-state index contributed by atoms with van der Waals surface area (Å²) in [5.74, 6) is 4.51. The Morgan fingerprint density at radius 1 is 0.967 bits per heavy atom. The zero-order chi connectivity index (χ0) is 20.1. The summed E-state index contributed by atoms with van der Waals surface area (Å²) in [4.78, 5) is 19.3. The van der Waals surface area contributed by atoms with Gasteiger partial charge in [-0.2, -0.15) is 5.10 Å². The van der Waals surface area contributed by atoms with E-state index >= 15 is 0 Å². The van der Waals surface area contributed by atoms with Crippen molar-refractivity contribution in [2.45, 2.75) is 56.9 Å². The molecular formula is C22H29N7O. The van der Waals surface area contributed by atoms with Crippen LogP contribution >= 0.6 is 0 Å². The summed E-state index contributed by atoms with van der Waals surface area (Å²) in [7, 11) is 0. The average Bonchev–Trinajstić information content (AvgIpc) is 3.28. The third-order valence-electron chi connectivity index (χ3n) is 7.91. The van der Waals surface area contributed by atoms with Crippen molar-refractivity contribution in [3.05, 3.63) is 24.8 Å². The zero-order valence-electron chi connectivity index (χ0n) is 17.3. The third-order valence-corrected chi connectivity index (χ3v) is 7.91. The molecule has 1 saturated heterocycles. The van der Waals surface area contributed by atoms with Crippen molar-refractivity contribution in [2.24, 2.45) is 23.7 Å². The van der Waals surface area contributed by atoms with Crippen molar-refractivity contribution in [1.29, 1.82) is 0 Å². The molecule has 8 heteroatoms. The fourth-order valence-electron chi connectivity index (χ4n) is 6.93. The van der Waals surface area contributed by atoms with Crippen molar-refractivity contribution in [1.82, 2.24) is 30.3 Å². The third kappa shape index (κ3) is 3.26. The number of hydrogen-bond acceptors (Lipinski definition) is 6. The predicted octanol–water partition coefficient (Wildman–Crippen LogP) is 2.36. The first-order chi connectivity index (χ1) is 14.7. The molecule has 0 radical (unpaired) electrons. The van der Waals surface area contributed by atoms with E-state index in [0.717, 1.165) is 49.5 Å². The van der Waals surface area contributed by atoms with Crippen LogP contribution in [0.2, 0.25) is 0 Å². The van der Waals surface area contributed by atoms with Gasteiger partial charge in [0.25, 0.3) is 0 Å². The summed E-state index contributed by atoms with van der Waals surface area (Å²) < 4.78 is 1.60. The molecule has 1 amide bonds. The highest BCUT2D eigenvalue weighted by Gasteiger charge is 2.51. The Morgan fingerprint density at radius 3 is 2.17 bits per heavy atom. The summed E-state index contributed by atoms with van der Waals surface area (Å²) in [6, 6.07) is 3.88. The SMILES string of the molecule is O=C(NC12CC3CC(CC(C3)C1)C2)C1CCN(c2ccc(-n3cncn3)nn2)CC1. The molecule has 1 aliphatic heterocycles. The maximum absolute atomic E-state index is 13.1. The van der Waals surface area contributed by atoms with Gasteiger partial charge in [0.2, 0.25) is 5.91 Å². The van der Waals surface area contributed by atoms with Crippen LogP contribution in [-0.4, -0.2) is 49.5 Å². The normalized spacial score (nSPS) is 33.1. The van der Waals surface area contributed by atoms with Crippen LogP contribution in [-0.2, 0) is 4.79 Å². The van der Waals surface area contributed by atoms with Gasteiger partial charge in [-0.1, -0.05) is 0 Å². The molecule has 0 spiro atoms. The van der Waals surface area contributed by atoms with Gasteiger partial charge in [0.1, 0.15) is 12.7 Å². The van der Waals surface area contributed by atoms with E-state index in [1.165, 1.54) is 44.9 Å². The second kappa shape index (κ2) is 7.03. The van der Waals surface area contributed by atoms with Crippen LogP contribution in [0.5, 0.6) is 0 Å². The average molecular weight is 408 g/mol. The van der Waals surface area contributed by atoms with Crippen LogP contribution in [0.4, 0.5) is 5.82 Å². The second-order valence-electron chi connectivity index (χ2n) is 10.0. The van der Waals surface area contributed by atoms with Crippen LogP contribution in [0, 0.1) is 23.7 Å². The van der Waals surface area contributed by atoms with Gasteiger partial charge >= 0.3 is 0 Å².